The zero-order valence-electron chi connectivity index (χ0n) is 15.9. The molecule has 0 spiro atoms. The van der Waals surface area contributed by atoms with Gasteiger partial charge in [-0.15, -0.1) is 0 Å². The lowest BCUT2D eigenvalue weighted by Gasteiger charge is -2.25. The van der Waals surface area contributed by atoms with E-state index in [0.29, 0.717) is 5.02 Å². The Balaban J connectivity index is 1.98. The third kappa shape index (κ3) is 5.79. The second-order valence-electron chi connectivity index (χ2n) is 6.74. The van der Waals surface area contributed by atoms with Gasteiger partial charge in [-0.05, 0) is 50.2 Å². The molecular weight excluding hydrogens is 384 g/mol. The molecule has 0 aliphatic carbocycles. The molecule has 2 rings (SSSR count). The lowest BCUT2D eigenvalue weighted by Crippen LogP contribution is -2.37. The molecule has 0 aromatic heterocycles. The average Bonchev–Trinajstić information content (AvgIpc) is 2.60. The van der Waals surface area contributed by atoms with Crippen molar-refractivity contribution in [2.45, 2.75) is 30.8 Å². The first-order valence-electron chi connectivity index (χ1n) is 8.63. The van der Waals surface area contributed by atoms with Crippen molar-refractivity contribution >= 4 is 27.3 Å². The number of nitrogens with zero attached hydrogens (tertiary/aromatic N) is 1. The SMILES string of the molecule is CC(NC(=O)CN(C)C(C)c1ccc(S(C)(=O)=O)cc1)c1ccccc1Cl. The van der Waals surface area contributed by atoms with Crippen LogP contribution in [0.5, 0.6) is 0 Å². The van der Waals surface area contributed by atoms with Gasteiger partial charge < -0.3 is 5.32 Å². The number of rotatable bonds is 7. The van der Waals surface area contributed by atoms with Gasteiger partial charge in [0.05, 0.1) is 17.5 Å². The van der Waals surface area contributed by atoms with Gasteiger partial charge in [-0.2, -0.15) is 0 Å². The number of carbonyl (C=O) groups is 1. The summed E-state index contributed by atoms with van der Waals surface area (Å²) in [7, 11) is -1.36. The van der Waals surface area contributed by atoms with E-state index >= 15 is 0 Å². The minimum Gasteiger partial charge on any atom is -0.348 e. The standard InChI is InChI=1S/C20H25ClN2O3S/c1-14(18-7-5-6-8-19(18)21)22-20(24)13-23(3)15(2)16-9-11-17(12-10-16)27(4,25)26/h5-12,14-15H,13H2,1-4H3,(H,22,24). The summed E-state index contributed by atoms with van der Waals surface area (Å²) in [6, 6.07) is 13.9. The van der Waals surface area contributed by atoms with Crippen molar-refractivity contribution in [3.63, 3.8) is 0 Å². The normalized spacial score (nSPS) is 14.0. The number of hydrogen-bond acceptors (Lipinski definition) is 4. The molecule has 5 nitrogen and oxygen atoms in total. The Morgan fingerprint density at radius 2 is 1.70 bits per heavy atom. The Morgan fingerprint density at radius 3 is 2.26 bits per heavy atom. The fourth-order valence-electron chi connectivity index (χ4n) is 2.80. The Bertz CT molecular complexity index is 898. The zero-order valence-corrected chi connectivity index (χ0v) is 17.5. The predicted octanol–water partition coefficient (Wildman–Crippen LogP) is 3.61. The minimum absolute atomic E-state index is 0.0417. The maximum atomic E-state index is 12.4. The van der Waals surface area contributed by atoms with E-state index in [1.54, 1.807) is 30.3 Å². The van der Waals surface area contributed by atoms with Gasteiger partial charge in [-0.3, -0.25) is 9.69 Å². The molecule has 0 aliphatic rings. The Kier molecular flexibility index (Phi) is 7.03. The topological polar surface area (TPSA) is 66.5 Å². The van der Waals surface area contributed by atoms with Crippen LogP contribution in [0.4, 0.5) is 0 Å². The fraction of sp³-hybridized carbons (Fsp3) is 0.350. The highest BCUT2D eigenvalue weighted by atomic mass is 35.5. The predicted molar refractivity (Wildman–Crippen MR) is 109 cm³/mol. The summed E-state index contributed by atoms with van der Waals surface area (Å²) in [5.74, 6) is -0.107. The van der Waals surface area contributed by atoms with Crippen molar-refractivity contribution in [1.82, 2.24) is 10.2 Å². The lowest BCUT2D eigenvalue weighted by atomic mass is 10.1. The molecular formula is C20H25ClN2O3S. The van der Waals surface area contributed by atoms with Crippen LogP contribution in [0, 0.1) is 0 Å². The van der Waals surface area contributed by atoms with E-state index in [9.17, 15) is 13.2 Å². The smallest absolute Gasteiger partial charge is 0.234 e. The molecule has 2 aromatic carbocycles. The van der Waals surface area contributed by atoms with E-state index in [0.717, 1.165) is 11.1 Å². The molecule has 2 atom stereocenters. The zero-order chi connectivity index (χ0) is 20.2. The van der Waals surface area contributed by atoms with Crippen molar-refractivity contribution in [2.24, 2.45) is 0 Å². The quantitative estimate of drug-likeness (QED) is 0.759. The molecule has 0 saturated carbocycles. The highest BCUT2D eigenvalue weighted by Crippen LogP contribution is 2.23. The molecule has 7 heteroatoms. The van der Waals surface area contributed by atoms with Gasteiger partial charge in [-0.25, -0.2) is 8.42 Å². The molecule has 0 bridgehead atoms. The Morgan fingerprint density at radius 1 is 1.11 bits per heavy atom. The van der Waals surface area contributed by atoms with Crippen molar-refractivity contribution in [2.75, 3.05) is 19.8 Å². The van der Waals surface area contributed by atoms with E-state index in [1.807, 2.05) is 44.0 Å². The Labute approximate surface area is 166 Å². The van der Waals surface area contributed by atoms with Crippen LogP contribution in [0.1, 0.15) is 37.1 Å². The summed E-state index contributed by atoms with van der Waals surface area (Å²) in [6.45, 7) is 4.08. The molecule has 27 heavy (non-hydrogen) atoms. The van der Waals surface area contributed by atoms with Crippen molar-refractivity contribution in [3.8, 4) is 0 Å². The van der Waals surface area contributed by atoms with Gasteiger partial charge in [-0.1, -0.05) is 41.9 Å². The third-order valence-electron chi connectivity index (χ3n) is 4.59. The van der Waals surface area contributed by atoms with E-state index in [2.05, 4.69) is 5.32 Å². The molecule has 0 fully saturated rings. The number of halogens is 1. The molecule has 1 N–H and O–H groups in total. The first-order valence-corrected chi connectivity index (χ1v) is 10.9. The molecule has 0 heterocycles. The second-order valence-corrected chi connectivity index (χ2v) is 9.17. The summed E-state index contributed by atoms with van der Waals surface area (Å²) in [5.41, 5.74) is 1.82. The number of sulfone groups is 1. The largest absolute Gasteiger partial charge is 0.348 e. The third-order valence-corrected chi connectivity index (χ3v) is 6.07. The van der Waals surface area contributed by atoms with Crippen LogP contribution >= 0.6 is 11.6 Å². The van der Waals surface area contributed by atoms with Crippen LogP contribution in [0.15, 0.2) is 53.4 Å². The molecule has 146 valence electrons. The van der Waals surface area contributed by atoms with Crippen molar-refractivity contribution < 1.29 is 13.2 Å². The molecule has 1 amide bonds. The van der Waals surface area contributed by atoms with E-state index in [1.165, 1.54) is 6.26 Å². The van der Waals surface area contributed by atoms with Gasteiger partial charge in [0.25, 0.3) is 0 Å². The lowest BCUT2D eigenvalue weighted by molar-refractivity contribution is -0.123. The van der Waals surface area contributed by atoms with Crippen LogP contribution in [0.3, 0.4) is 0 Å². The summed E-state index contributed by atoms with van der Waals surface area (Å²) in [5, 5.41) is 3.58. The first kappa shape index (κ1) is 21.4. The van der Waals surface area contributed by atoms with E-state index < -0.39 is 9.84 Å². The molecule has 2 unspecified atom stereocenters. The van der Waals surface area contributed by atoms with Crippen LogP contribution in [-0.2, 0) is 14.6 Å². The fourth-order valence-corrected chi connectivity index (χ4v) is 3.73. The molecule has 2 aromatic rings. The van der Waals surface area contributed by atoms with Gasteiger partial charge in [0.1, 0.15) is 0 Å². The van der Waals surface area contributed by atoms with Gasteiger partial charge in [0, 0.05) is 17.3 Å². The number of benzene rings is 2. The summed E-state index contributed by atoms with van der Waals surface area (Å²) in [4.78, 5) is 14.6. The molecule has 0 radical (unpaired) electrons. The average molecular weight is 409 g/mol. The maximum absolute atomic E-state index is 12.4. The van der Waals surface area contributed by atoms with Crippen LogP contribution in [-0.4, -0.2) is 39.1 Å². The van der Waals surface area contributed by atoms with Crippen molar-refractivity contribution in [1.29, 1.82) is 0 Å². The van der Waals surface area contributed by atoms with Gasteiger partial charge in [0.15, 0.2) is 9.84 Å². The summed E-state index contributed by atoms with van der Waals surface area (Å²) in [6.07, 6.45) is 1.18. The summed E-state index contributed by atoms with van der Waals surface area (Å²) >= 11 is 6.18. The van der Waals surface area contributed by atoms with Gasteiger partial charge in [0.2, 0.25) is 5.91 Å². The van der Waals surface area contributed by atoms with E-state index in [-0.39, 0.29) is 29.4 Å². The monoisotopic (exact) mass is 408 g/mol. The van der Waals surface area contributed by atoms with Crippen molar-refractivity contribution in [3.05, 3.63) is 64.7 Å². The highest BCUT2D eigenvalue weighted by Gasteiger charge is 2.18. The maximum Gasteiger partial charge on any atom is 0.234 e. The van der Waals surface area contributed by atoms with Crippen LogP contribution < -0.4 is 5.32 Å². The number of hydrogen-bond donors (Lipinski definition) is 1. The number of carbonyl (C=O) groups excluding carboxylic acids is 1. The highest BCUT2D eigenvalue weighted by molar-refractivity contribution is 7.90. The number of amides is 1. The number of nitrogens with one attached hydrogen (secondary N) is 1. The minimum atomic E-state index is -3.22. The molecule has 0 aliphatic heterocycles. The van der Waals surface area contributed by atoms with E-state index in [4.69, 9.17) is 11.6 Å². The number of likely N-dealkylation sites (N-methyl/N-ethyl adjacent to an activating group) is 1. The van der Waals surface area contributed by atoms with Gasteiger partial charge >= 0.3 is 0 Å². The Hall–Kier alpha value is -1.89. The van der Waals surface area contributed by atoms with Crippen LogP contribution in [0.2, 0.25) is 5.02 Å². The first-order chi connectivity index (χ1) is 12.6. The summed E-state index contributed by atoms with van der Waals surface area (Å²) < 4.78 is 23.1. The van der Waals surface area contributed by atoms with Crippen LogP contribution in [0.25, 0.3) is 0 Å². The molecule has 0 saturated heterocycles. The second kappa shape index (κ2) is 8.87.